The molecule has 228 valence electrons. The third-order valence-corrected chi connectivity index (χ3v) is 8.45. The molecule has 0 unspecified atom stereocenters. The number of anilines is 1. The molecule has 0 amide bonds. The molecule has 0 bridgehead atoms. The summed E-state index contributed by atoms with van der Waals surface area (Å²) in [6, 6.07) is 29.2. The zero-order valence-electron chi connectivity index (χ0n) is 24.6. The smallest absolute Gasteiger partial charge is 0.306 e. The standard InChI is InChI=1S/C34H34ClN3O5S/c1-24(2)43-33(39)16-10-5-11-21-42-32-23-31-29(22-30(32)37-44(40,41)28-19-17-26(35)18-20-28)36-34(25-12-6-3-7-13-25)38(31)27-14-8-4-9-15-27/h3-4,6-9,12-15,17-20,22-24,37H,5,10-11,16,21H2,1-2H3. The Morgan fingerprint density at radius 3 is 2.27 bits per heavy atom. The predicted octanol–water partition coefficient (Wildman–Crippen LogP) is 8.04. The molecular weight excluding hydrogens is 598 g/mol. The molecular formula is C34H34ClN3O5S. The number of esters is 1. The zero-order valence-corrected chi connectivity index (χ0v) is 26.1. The maximum Gasteiger partial charge on any atom is 0.306 e. The summed E-state index contributed by atoms with van der Waals surface area (Å²) in [5, 5.41) is 0.437. The Bertz CT molecular complexity index is 1820. The van der Waals surface area contributed by atoms with Gasteiger partial charge in [0.25, 0.3) is 10.0 Å². The van der Waals surface area contributed by atoms with Crippen LogP contribution in [0.3, 0.4) is 0 Å². The molecule has 8 nitrogen and oxygen atoms in total. The van der Waals surface area contributed by atoms with Crippen molar-refractivity contribution in [3.8, 4) is 22.8 Å². The van der Waals surface area contributed by atoms with E-state index < -0.39 is 10.0 Å². The summed E-state index contributed by atoms with van der Waals surface area (Å²) >= 11 is 5.99. The highest BCUT2D eigenvalue weighted by Gasteiger charge is 2.21. The number of hydrogen-bond donors (Lipinski definition) is 1. The van der Waals surface area contributed by atoms with Gasteiger partial charge in [-0.2, -0.15) is 0 Å². The number of halogens is 1. The number of nitrogens with one attached hydrogen (secondary N) is 1. The summed E-state index contributed by atoms with van der Waals surface area (Å²) in [4.78, 5) is 16.9. The van der Waals surface area contributed by atoms with Crippen molar-refractivity contribution < 1.29 is 22.7 Å². The summed E-state index contributed by atoms with van der Waals surface area (Å²) in [7, 11) is -3.96. The molecule has 0 aliphatic rings. The van der Waals surface area contributed by atoms with E-state index in [2.05, 4.69) is 4.72 Å². The molecule has 10 heteroatoms. The van der Waals surface area contributed by atoms with Gasteiger partial charge < -0.3 is 9.47 Å². The second-order valence-electron chi connectivity index (χ2n) is 10.6. The van der Waals surface area contributed by atoms with E-state index in [1.54, 1.807) is 6.07 Å². The zero-order chi connectivity index (χ0) is 31.1. The molecule has 0 radical (unpaired) electrons. The SMILES string of the molecule is CC(C)OC(=O)CCCCCOc1cc2c(cc1NS(=O)(=O)c1ccc(Cl)cc1)nc(-c1ccccc1)n2-c1ccccc1. The van der Waals surface area contributed by atoms with E-state index in [-0.39, 0.29) is 22.7 Å². The first-order valence-electron chi connectivity index (χ1n) is 14.5. The van der Waals surface area contributed by atoms with Gasteiger partial charge in [-0.25, -0.2) is 13.4 Å². The number of nitrogens with zero attached hydrogens (tertiary/aromatic N) is 2. The average molecular weight is 632 g/mol. The highest BCUT2D eigenvalue weighted by atomic mass is 35.5. The normalized spacial score (nSPS) is 11.5. The average Bonchev–Trinajstić information content (AvgIpc) is 3.37. The van der Waals surface area contributed by atoms with Crippen LogP contribution in [0.25, 0.3) is 28.1 Å². The molecule has 1 aromatic heterocycles. The van der Waals surface area contributed by atoms with Crippen molar-refractivity contribution in [3.63, 3.8) is 0 Å². The van der Waals surface area contributed by atoms with Gasteiger partial charge in [-0.15, -0.1) is 0 Å². The Labute approximate surface area is 262 Å². The largest absolute Gasteiger partial charge is 0.491 e. The van der Waals surface area contributed by atoms with Crippen LogP contribution in [-0.2, 0) is 19.6 Å². The van der Waals surface area contributed by atoms with E-state index in [0.29, 0.717) is 48.0 Å². The molecule has 0 spiro atoms. The molecule has 0 fully saturated rings. The van der Waals surface area contributed by atoms with Crippen molar-refractivity contribution in [2.24, 2.45) is 0 Å². The van der Waals surface area contributed by atoms with Crippen molar-refractivity contribution in [1.29, 1.82) is 0 Å². The minimum absolute atomic E-state index is 0.0704. The lowest BCUT2D eigenvalue weighted by atomic mass is 10.2. The van der Waals surface area contributed by atoms with Gasteiger partial charge in [0.1, 0.15) is 11.6 Å². The number of imidazole rings is 1. The van der Waals surface area contributed by atoms with Crippen molar-refractivity contribution in [2.45, 2.75) is 50.5 Å². The quantitative estimate of drug-likeness (QED) is 0.104. The van der Waals surface area contributed by atoms with Gasteiger partial charge in [0.15, 0.2) is 0 Å². The Morgan fingerprint density at radius 1 is 0.909 bits per heavy atom. The molecule has 0 saturated heterocycles. The Balaban J connectivity index is 1.50. The van der Waals surface area contributed by atoms with Crippen molar-refractivity contribution in [3.05, 3.63) is 102 Å². The van der Waals surface area contributed by atoms with E-state index >= 15 is 0 Å². The first-order chi connectivity index (χ1) is 21.2. The molecule has 4 aromatic carbocycles. The van der Waals surface area contributed by atoms with E-state index in [4.69, 9.17) is 26.1 Å². The molecule has 0 saturated carbocycles. The maximum atomic E-state index is 13.4. The molecule has 0 aliphatic carbocycles. The van der Waals surface area contributed by atoms with Gasteiger partial charge >= 0.3 is 5.97 Å². The first kappa shape index (κ1) is 31.1. The van der Waals surface area contributed by atoms with Crippen molar-refractivity contribution >= 4 is 44.3 Å². The summed E-state index contributed by atoms with van der Waals surface area (Å²) < 4.78 is 42.9. The number of para-hydroxylation sites is 1. The third-order valence-electron chi connectivity index (χ3n) is 6.82. The van der Waals surface area contributed by atoms with Crippen LogP contribution in [0.15, 0.2) is 102 Å². The monoisotopic (exact) mass is 631 g/mol. The number of ether oxygens (including phenoxy) is 2. The summed E-state index contributed by atoms with van der Waals surface area (Å²) in [6.45, 7) is 3.98. The number of fused-ring (bicyclic) bond motifs is 1. The van der Waals surface area contributed by atoms with Crippen LogP contribution in [0.4, 0.5) is 5.69 Å². The molecule has 1 N–H and O–H groups in total. The van der Waals surface area contributed by atoms with Crippen LogP contribution >= 0.6 is 11.6 Å². The number of carbonyl (C=O) groups is 1. The maximum absolute atomic E-state index is 13.4. The molecule has 5 rings (SSSR count). The van der Waals surface area contributed by atoms with Crippen LogP contribution in [0, 0.1) is 0 Å². The van der Waals surface area contributed by atoms with Gasteiger partial charge in [0, 0.05) is 28.8 Å². The fraction of sp³-hybridized carbons (Fsp3) is 0.235. The summed E-state index contributed by atoms with van der Waals surface area (Å²) in [6.07, 6.45) is 2.30. The molecule has 1 heterocycles. The van der Waals surface area contributed by atoms with E-state index in [9.17, 15) is 13.2 Å². The Kier molecular flexibility index (Phi) is 9.87. The Morgan fingerprint density at radius 2 is 1.59 bits per heavy atom. The topological polar surface area (TPSA) is 99.5 Å². The van der Waals surface area contributed by atoms with Gasteiger partial charge in [0.05, 0.1) is 34.3 Å². The molecule has 0 aliphatic heterocycles. The summed E-state index contributed by atoms with van der Waals surface area (Å²) in [5.74, 6) is 0.864. The van der Waals surface area contributed by atoms with Crippen LogP contribution in [-0.4, -0.2) is 36.6 Å². The molecule has 5 aromatic rings. The number of sulfonamides is 1. The van der Waals surface area contributed by atoms with Crippen LogP contribution < -0.4 is 9.46 Å². The number of unbranched alkanes of at least 4 members (excludes halogenated alkanes) is 2. The highest BCUT2D eigenvalue weighted by Crippen LogP contribution is 2.36. The number of rotatable bonds is 13. The minimum Gasteiger partial charge on any atom is -0.491 e. The highest BCUT2D eigenvalue weighted by molar-refractivity contribution is 7.92. The van der Waals surface area contributed by atoms with E-state index in [1.807, 2.05) is 85.1 Å². The fourth-order valence-electron chi connectivity index (χ4n) is 4.79. The van der Waals surface area contributed by atoms with Crippen LogP contribution in [0.5, 0.6) is 5.75 Å². The lowest BCUT2D eigenvalue weighted by molar-refractivity contribution is -0.147. The predicted molar refractivity (Wildman–Crippen MR) is 174 cm³/mol. The van der Waals surface area contributed by atoms with Crippen LogP contribution in [0.2, 0.25) is 5.02 Å². The second kappa shape index (κ2) is 14.0. The van der Waals surface area contributed by atoms with E-state index in [0.717, 1.165) is 23.2 Å². The number of benzene rings is 4. The summed E-state index contributed by atoms with van der Waals surface area (Å²) in [5.41, 5.74) is 3.44. The van der Waals surface area contributed by atoms with Crippen LogP contribution in [0.1, 0.15) is 39.5 Å². The first-order valence-corrected chi connectivity index (χ1v) is 16.4. The van der Waals surface area contributed by atoms with E-state index in [1.165, 1.54) is 24.3 Å². The van der Waals surface area contributed by atoms with Gasteiger partial charge in [0.2, 0.25) is 0 Å². The number of hydrogen-bond acceptors (Lipinski definition) is 6. The van der Waals surface area contributed by atoms with Gasteiger partial charge in [-0.1, -0.05) is 60.1 Å². The molecule has 44 heavy (non-hydrogen) atoms. The van der Waals surface area contributed by atoms with Gasteiger partial charge in [-0.05, 0) is 75.6 Å². The van der Waals surface area contributed by atoms with Crippen molar-refractivity contribution in [1.82, 2.24) is 9.55 Å². The molecule has 0 atom stereocenters. The van der Waals surface area contributed by atoms with Gasteiger partial charge in [-0.3, -0.25) is 14.1 Å². The second-order valence-corrected chi connectivity index (χ2v) is 12.7. The number of carbonyl (C=O) groups excluding carboxylic acids is 1. The Hall–Kier alpha value is -4.34. The lowest BCUT2D eigenvalue weighted by Gasteiger charge is -2.15. The third kappa shape index (κ3) is 7.59. The minimum atomic E-state index is -3.96. The fourth-order valence-corrected chi connectivity index (χ4v) is 5.98. The number of aromatic nitrogens is 2. The van der Waals surface area contributed by atoms with Crippen molar-refractivity contribution in [2.75, 3.05) is 11.3 Å². The lowest BCUT2D eigenvalue weighted by Crippen LogP contribution is -2.14.